The monoisotopic (exact) mass is 423 g/mol. The summed E-state index contributed by atoms with van der Waals surface area (Å²) in [4.78, 5) is 16.2. The van der Waals surface area contributed by atoms with E-state index in [1.807, 2.05) is 0 Å². The number of benzene rings is 2. The lowest BCUT2D eigenvalue weighted by Crippen LogP contribution is -2.25. The number of carbonyl (C=O) groups excluding carboxylic acids is 1. The van der Waals surface area contributed by atoms with E-state index in [1.54, 1.807) is 18.2 Å². The zero-order valence-electron chi connectivity index (χ0n) is 14.4. The van der Waals surface area contributed by atoms with Crippen LogP contribution in [0.5, 0.6) is 0 Å². The minimum atomic E-state index is -3.77. The molecule has 0 aliphatic carbocycles. The Hall–Kier alpha value is -2.85. The van der Waals surface area contributed by atoms with Crippen molar-refractivity contribution in [1.82, 2.24) is 10.3 Å². The lowest BCUT2D eigenvalue weighted by Gasteiger charge is -2.06. The third-order valence-electron chi connectivity index (χ3n) is 3.69. The second-order valence-electron chi connectivity index (χ2n) is 5.72. The van der Waals surface area contributed by atoms with Crippen LogP contribution in [0, 0.1) is 11.6 Å². The molecule has 0 saturated carbocycles. The van der Waals surface area contributed by atoms with Crippen molar-refractivity contribution in [3.63, 3.8) is 0 Å². The van der Waals surface area contributed by atoms with Crippen molar-refractivity contribution >= 4 is 32.4 Å². The van der Waals surface area contributed by atoms with E-state index < -0.39 is 27.6 Å². The number of halogens is 2. The molecule has 6 nitrogen and oxygen atoms in total. The summed E-state index contributed by atoms with van der Waals surface area (Å²) in [5.74, 6) is -1.98. The van der Waals surface area contributed by atoms with E-state index in [-0.39, 0.29) is 28.6 Å². The average molecular weight is 423 g/mol. The molecule has 0 radical (unpaired) electrons. The van der Waals surface area contributed by atoms with Gasteiger partial charge >= 0.3 is 0 Å². The van der Waals surface area contributed by atoms with Gasteiger partial charge in [0.15, 0.2) is 5.13 Å². The molecule has 146 valence electrons. The largest absolute Gasteiger partial charge is 0.351 e. The third-order valence-corrected chi connectivity index (χ3v) is 5.98. The summed E-state index contributed by atoms with van der Waals surface area (Å²) in [5.41, 5.74) is 0.104. The maximum Gasteiger partial charge on any atom is 0.263 e. The van der Waals surface area contributed by atoms with Crippen LogP contribution in [0.15, 0.2) is 58.8 Å². The highest BCUT2D eigenvalue weighted by molar-refractivity contribution is 7.93. The van der Waals surface area contributed by atoms with Crippen molar-refractivity contribution in [2.45, 2.75) is 17.9 Å². The zero-order valence-corrected chi connectivity index (χ0v) is 16.0. The van der Waals surface area contributed by atoms with Gasteiger partial charge in [-0.3, -0.25) is 9.52 Å². The van der Waals surface area contributed by atoms with Crippen molar-refractivity contribution < 1.29 is 22.0 Å². The van der Waals surface area contributed by atoms with E-state index in [1.165, 1.54) is 23.6 Å². The fourth-order valence-corrected chi connectivity index (χ4v) is 4.31. The van der Waals surface area contributed by atoms with Crippen LogP contribution < -0.4 is 10.0 Å². The number of thiazole rings is 1. The van der Waals surface area contributed by atoms with Gasteiger partial charge in [-0.15, -0.1) is 11.3 Å². The molecular formula is C18H15F2N3O3S2. The van der Waals surface area contributed by atoms with Crippen LogP contribution in [-0.2, 0) is 27.8 Å². The molecule has 0 bridgehead atoms. The second-order valence-corrected chi connectivity index (χ2v) is 8.26. The molecule has 0 aliphatic rings. The number of hydrogen-bond acceptors (Lipinski definition) is 5. The second kappa shape index (κ2) is 8.44. The Balaban J connectivity index is 1.59. The van der Waals surface area contributed by atoms with Gasteiger partial charge in [0.25, 0.3) is 10.0 Å². The molecule has 1 amide bonds. The Morgan fingerprint density at radius 2 is 1.71 bits per heavy atom. The predicted octanol–water partition coefficient (Wildman–Crippen LogP) is 3.08. The van der Waals surface area contributed by atoms with Crippen LogP contribution in [0.25, 0.3) is 0 Å². The molecule has 0 spiro atoms. The number of rotatable bonds is 7. The van der Waals surface area contributed by atoms with E-state index in [4.69, 9.17) is 0 Å². The zero-order chi connectivity index (χ0) is 20.1. The Bertz CT molecular complexity index is 1070. The fourth-order valence-electron chi connectivity index (χ4n) is 2.32. The Kier molecular flexibility index (Phi) is 6.00. The standard InChI is InChI=1S/C18H15F2N3O3S2/c19-15-7-4-8-16(20)14(15)10-21-17(24)9-12-11-27-18(22-12)23-28(25,26)13-5-2-1-3-6-13/h1-8,11H,9-10H2,(H,21,24)(H,22,23). The van der Waals surface area contributed by atoms with Crippen molar-refractivity contribution in [2.24, 2.45) is 0 Å². The van der Waals surface area contributed by atoms with E-state index in [0.717, 1.165) is 23.5 Å². The maximum absolute atomic E-state index is 13.6. The summed E-state index contributed by atoms with van der Waals surface area (Å²) in [6.07, 6.45) is -0.153. The number of aromatic nitrogens is 1. The number of carbonyl (C=O) groups is 1. The summed E-state index contributed by atoms with van der Waals surface area (Å²) in [5, 5.41) is 4.07. The molecule has 10 heteroatoms. The van der Waals surface area contributed by atoms with E-state index in [0.29, 0.717) is 5.69 Å². The molecule has 3 aromatic rings. The van der Waals surface area contributed by atoms with Crippen LogP contribution in [0.4, 0.5) is 13.9 Å². The molecule has 0 aliphatic heterocycles. The fraction of sp³-hybridized carbons (Fsp3) is 0.111. The maximum atomic E-state index is 13.6. The van der Waals surface area contributed by atoms with E-state index in [9.17, 15) is 22.0 Å². The molecule has 0 unspecified atom stereocenters. The van der Waals surface area contributed by atoms with Gasteiger partial charge in [-0.2, -0.15) is 0 Å². The lowest BCUT2D eigenvalue weighted by atomic mass is 10.2. The van der Waals surface area contributed by atoms with Crippen LogP contribution in [0.2, 0.25) is 0 Å². The van der Waals surface area contributed by atoms with Gasteiger partial charge in [-0.05, 0) is 24.3 Å². The van der Waals surface area contributed by atoms with Gasteiger partial charge in [-0.25, -0.2) is 22.2 Å². The molecule has 3 rings (SSSR count). The van der Waals surface area contributed by atoms with Crippen molar-refractivity contribution in [2.75, 3.05) is 4.72 Å². The van der Waals surface area contributed by atoms with Crippen LogP contribution in [0.3, 0.4) is 0 Å². The van der Waals surface area contributed by atoms with Gasteiger partial charge in [0.05, 0.1) is 17.0 Å². The third kappa shape index (κ3) is 4.90. The SMILES string of the molecule is O=C(Cc1csc(NS(=O)(=O)c2ccccc2)n1)NCc1c(F)cccc1F. The minimum Gasteiger partial charge on any atom is -0.351 e. The number of anilines is 1. The van der Waals surface area contributed by atoms with Crippen LogP contribution in [-0.4, -0.2) is 19.3 Å². The Morgan fingerprint density at radius 3 is 2.39 bits per heavy atom. The highest BCUT2D eigenvalue weighted by atomic mass is 32.2. The average Bonchev–Trinajstić information content (AvgIpc) is 3.08. The first-order valence-corrected chi connectivity index (χ1v) is 10.4. The predicted molar refractivity (Wildman–Crippen MR) is 101 cm³/mol. The Labute approximate surface area is 164 Å². The molecule has 2 aromatic carbocycles. The summed E-state index contributed by atoms with van der Waals surface area (Å²) in [6.45, 7) is -0.297. The lowest BCUT2D eigenvalue weighted by molar-refractivity contribution is -0.120. The summed E-state index contributed by atoms with van der Waals surface area (Å²) in [6, 6.07) is 11.3. The molecule has 28 heavy (non-hydrogen) atoms. The highest BCUT2D eigenvalue weighted by Crippen LogP contribution is 2.20. The molecule has 2 N–H and O–H groups in total. The first kappa shape index (κ1) is 19.9. The Morgan fingerprint density at radius 1 is 1.04 bits per heavy atom. The van der Waals surface area contributed by atoms with Gasteiger partial charge in [0.1, 0.15) is 11.6 Å². The minimum absolute atomic E-state index is 0.0939. The van der Waals surface area contributed by atoms with Crippen molar-refractivity contribution in [1.29, 1.82) is 0 Å². The summed E-state index contributed by atoms with van der Waals surface area (Å²) < 4.78 is 54.0. The first-order valence-electron chi connectivity index (χ1n) is 8.07. The van der Waals surface area contributed by atoms with Gasteiger partial charge < -0.3 is 5.32 Å². The molecule has 1 heterocycles. The van der Waals surface area contributed by atoms with Gasteiger partial charge in [0.2, 0.25) is 5.91 Å². The highest BCUT2D eigenvalue weighted by Gasteiger charge is 2.17. The quantitative estimate of drug-likeness (QED) is 0.611. The number of sulfonamides is 1. The van der Waals surface area contributed by atoms with Gasteiger partial charge in [0, 0.05) is 17.5 Å². The van der Waals surface area contributed by atoms with E-state index >= 15 is 0 Å². The van der Waals surface area contributed by atoms with Crippen LogP contribution >= 0.6 is 11.3 Å². The van der Waals surface area contributed by atoms with Crippen molar-refractivity contribution in [3.8, 4) is 0 Å². The van der Waals surface area contributed by atoms with Crippen LogP contribution in [0.1, 0.15) is 11.3 Å². The summed E-state index contributed by atoms with van der Waals surface area (Å²) in [7, 11) is -3.77. The molecule has 0 fully saturated rings. The number of nitrogens with zero attached hydrogens (tertiary/aromatic N) is 1. The molecular weight excluding hydrogens is 408 g/mol. The number of amides is 1. The number of nitrogens with one attached hydrogen (secondary N) is 2. The topological polar surface area (TPSA) is 88.2 Å². The van der Waals surface area contributed by atoms with Crippen molar-refractivity contribution in [3.05, 3.63) is 76.8 Å². The molecule has 0 atom stereocenters. The first-order chi connectivity index (χ1) is 13.3. The number of hydrogen-bond donors (Lipinski definition) is 2. The molecule has 1 aromatic heterocycles. The normalized spacial score (nSPS) is 11.2. The van der Waals surface area contributed by atoms with Gasteiger partial charge in [-0.1, -0.05) is 24.3 Å². The molecule has 0 saturated heterocycles. The smallest absolute Gasteiger partial charge is 0.263 e. The summed E-state index contributed by atoms with van der Waals surface area (Å²) >= 11 is 1.03. The van der Waals surface area contributed by atoms with E-state index in [2.05, 4.69) is 15.0 Å².